The molecule has 0 radical (unpaired) electrons. The van der Waals surface area contributed by atoms with Gasteiger partial charge in [0.2, 0.25) is 0 Å². The van der Waals surface area contributed by atoms with Gasteiger partial charge >= 0.3 is 0 Å². The molecule has 6 heteroatoms. The summed E-state index contributed by atoms with van der Waals surface area (Å²) in [6, 6.07) is 0.454. The number of ether oxygens (including phenoxy) is 1. The van der Waals surface area contributed by atoms with Crippen LogP contribution in [-0.2, 0) is 0 Å². The smallest absolute Gasteiger partial charge is 0.295 e. The third-order valence-corrected chi connectivity index (χ3v) is 1.47. The van der Waals surface area contributed by atoms with Gasteiger partial charge < -0.3 is 9.72 Å². The van der Waals surface area contributed by atoms with Crippen molar-refractivity contribution < 1.29 is 4.74 Å². The fourth-order valence-corrected chi connectivity index (χ4v) is 0.976. The normalized spacial score (nSPS) is 10.4. The van der Waals surface area contributed by atoms with E-state index in [1.54, 1.807) is 12.4 Å². The Bertz CT molecular complexity index is 355. The second-order valence-corrected chi connectivity index (χ2v) is 2.30. The molecule has 0 fully saturated rings. The molecule has 62 valence electrons. The van der Waals surface area contributed by atoms with Gasteiger partial charge in [-0.05, 0) is 0 Å². The van der Waals surface area contributed by atoms with E-state index in [4.69, 9.17) is 16.3 Å². The minimum absolute atomic E-state index is 0.0701. The number of halogens is 1. The van der Waals surface area contributed by atoms with E-state index in [0.29, 0.717) is 11.5 Å². The van der Waals surface area contributed by atoms with Crippen LogP contribution in [0.4, 0.5) is 0 Å². The number of nitrogens with one attached hydrogen (secondary N) is 1. The molecule has 5 nitrogen and oxygen atoms in total. The van der Waals surface area contributed by atoms with Crippen LogP contribution in [0.1, 0.15) is 0 Å². The van der Waals surface area contributed by atoms with Crippen LogP contribution < -0.4 is 4.74 Å². The lowest BCUT2D eigenvalue weighted by atomic mass is 10.5. The number of nitrogens with zero attached hydrogens (tertiary/aromatic N) is 3. The summed E-state index contributed by atoms with van der Waals surface area (Å²) >= 11 is 5.35. The van der Waals surface area contributed by atoms with Gasteiger partial charge in [-0.1, -0.05) is 11.6 Å². The summed E-state index contributed by atoms with van der Waals surface area (Å²) in [6.07, 6.45) is 3.12. The molecule has 0 bridgehead atoms. The van der Waals surface area contributed by atoms with Crippen molar-refractivity contribution >= 4 is 22.6 Å². The molecule has 0 unspecified atom stereocenters. The molecule has 0 aliphatic carbocycles. The van der Waals surface area contributed by atoms with Crippen molar-refractivity contribution in [1.29, 1.82) is 0 Å². The summed E-state index contributed by atoms with van der Waals surface area (Å²) < 4.78 is 4.93. The molecule has 0 aliphatic heterocycles. The molecule has 2 rings (SSSR count). The first-order valence-corrected chi connectivity index (χ1v) is 3.79. The summed E-state index contributed by atoms with van der Waals surface area (Å²) in [4.78, 5) is 6.91. The Labute approximate surface area is 72.7 Å². The number of fused-ring (bicyclic) bond motifs is 1. The van der Waals surface area contributed by atoms with Crippen LogP contribution >= 0.6 is 11.6 Å². The van der Waals surface area contributed by atoms with Crippen molar-refractivity contribution in [3.63, 3.8) is 0 Å². The molecule has 0 saturated carbocycles. The van der Waals surface area contributed by atoms with E-state index in [-0.39, 0.29) is 6.07 Å². The highest BCUT2D eigenvalue weighted by atomic mass is 35.5. The largest absolute Gasteiger partial charge is 0.448 e. The lowest BCUT2D eigenvalue weighted by Crippen LogP contribution is -1.89. The second kappa shape index (κ2) is 2.94. The fourth-order valence-electron chi connectivity index (χ4n) is 0.873. The van der Waals surface area contributed by atoms with Gasteiger partial charge in [0.05, 0.1) is 17.9 Å². The molecule has 0 spiro atoms. The SMILES string of the molecule is ClCOc1nc2cnncc2[nH]1. The predicted molar refractivity (Wildman–Crippen MR) is 43.0 cm³/mol. The third-order valence-electron chi connectivity index (χ3n) is 1.36. The monoisotopic (exact) mass is 184 g/mol. The Morgan fingerprint density at radius 1 is 1.42 bits per heavy atom. The molecular weight excluding hydrogens is 180 g/mol. The molecule has 2 aromatic rings. The number of rotatable bonds is 2. The van der Waals surface area contributed by atoms with Gasteiger partial charge in [-0.25, -0.2) is 0 Å². The lowest BCUT2D eigenvalue weighted by molar-refractivity contribution is 0.361. The second-order valence-electron chi connectivity index (χ2n) is 2.08. The number of aromatic nitrogens is 4. The maximum atomic E-state index is 5.35. The number of H-pyrrole nitrogens is 1. The van der Waals surface area contributed by atoms with Crippen molar-refractivity contribution in [3.8, 4) is 6.01 Å². The van der Waals surface area contributed by atoms with E-state index in [2.05, 4.69) is 20.2 Å². The molecule has 0 amide bonds. The highest BCUT2D eigenvalue weighted by Crippen LogP contribution is 2.12. The zero-order chi connectivity index (χ0) is 8.39. The van der Waals surface area contributed by atoms with E-state index in [1.807, 2.05) is 0 Å². The van der Waals surface area contributed by atoms with E-state index >= 15 is 0 Å². The minimum atomic E-state index is 0.0701. The van der Waals surface area contributed by atoms with E-state index in [1.165, 1.54) is 0 Å². The maximum absolute atomic E-state index is 5.35. The Kier molecular flexibility index (Phi) is 1.79. The third kappa shape index (κ3) is 1.18. The molecule has 0 aliphatic rings. The summed E-state index contributed by atoms with van der Waals surface area (Å²) in [5.74, 6) is 0. The molecule has 0 atom stereocenters. The quantitative estimate of drug-likeness (QED) is 0.706. The molecule has 0 saturated heterocycles. The highest BCUT2D eigenvalue weighted by Gasteiger charge is 2.01. The molecule has 1 N–H and O–H groups in total. The predicted octanol–water partition coefficient (Wildman–Crippen LogP) is 0.928. The zero-order valence-corrected chi connectivity index (χ0v) is 6.75. The van der Waals surface area contributed by atoms with Crippen LogP contribution in [-0.4, -0.2) is 26.2 Å². The van der Waals surface area contributed by atoms with Crippen LogP contribution in [0.25, 0.3) is 11.0 Å². The minimum Gasteiger partial charge on any atom is -0.448 e. The van der Waals surface area contributed by atoms with Gasteiger partial charge in [0.15, 0.2) is 6.07 Å². The van der Waals surface area contributed by atoms with Crippen LogP contribution in [0.2, 0.25) is 0 Å². The Morgan fingerprint density at radius 3 is 3.00 bits per heavy atom. The van der Waals surface area contributed by atoms with Crippen molar-refractivity contribution in [2.45, 2.75) is 0 Å². The molecule has 2 aromatic heterocycles. The average molecular weight is 185 g/mol. The summed E-state index contributed by atoms with van der Waals surface area (Å²) in [7, 11) is 0. The average Bonchev–Trinajstić information content (AvgIpc) is 2.47. The Balaban J connectivity index is 2.47. The standard InChI is InChI=1S/C6H5ClN4O/c7-3-12-6-10-4-1-8-9-2-5(4)11-6/h1-2H,3H2,(H,10,11). The Morgan fingerprint density at radius 2 is 2.25 bits per heavy atom. The fraction of sp³-hybridized carbons (Fsp3) is 0.167. The Hall–Kier alpha value is -1.36. The van der Waals surface area contributed by atoms with Gasteiger partial charge in [0.25, 0.3) is 6.01 Å². The van der Waals surface area contributed by atoms with Crippen LogP contribution in [0.5, 0.6) is 6.01 Å². The molecule has 2 heterocycles. The number of imidazole rings is 1. The maximum Gasteiger partial charge on any atom is 0.295 e. The van der Waals surface area contributed by atoms with E-state index in [0.717, 1.165) is 5.52 Å². The summed E-state index contributed by atoms with van der Waals surface area (Å²) in [5, 5.41) is 7.34. The number of hydrogen-bond acceptors (Lipinski definition) is 4. The highest BCUT2D eigenvalue weighted by molar-refractivity contribution is 6.17. The van der Waals surface area contributed by atoms with Gasteiger partial charge in [-0.3, -0.25) is 0 Å². The van der Waals surface area contributed by atoms with Crippen LogP contribution in [0.15, 0.2) is 12.4 Å². The van der Waals surface area contributed by atoms with Crippen LogP contribution in [0, 0.1) is 0 Å². The number of hydrogen-bond donors (Lipinski definition) is 1. The van der Waals surface area contributed by atoms with Gasteiger partial charge in [0, 0.05) is 0 Å². The summed E-state index contributed by atoms with van der Waals surface area (Å²) in [6.45, 7) is 0. The lowest BCUT2D eigenvalue weighted by Gasteiger charge is -1.91. The zero-order valence-electron chi connectivity index (χ0n) is 5.99. The van der Waals surface area contributed by atoms with E-state index < -0.39 is 0 Å². The molecule has 0 aromatic carbocycles. The van der Waals surface area contributed by atoms with Crippen molar-refractivity contribution in [1.82, 2.24) is 20.2 Å². The first-order valence-electron chi connectivity index (χ1n) is 3.25. The van der Waals surface area contributed by atoms with Gasteiger partial charge in [0.1, 0.15) is 5.52 Å². The number of aromatic amines is 1. The van der Waals surface area contributed by atoms with Crippen molar-refractivity contribution in [2.24, 2.45) is 0 Å². The number of alkyl halides is 1. The van der Waals surface area contributed by atoms with Gasteiger partial charge in [-0.2, -0.15) is 15.2 Å². The van der Waals surface area contributed by atoms with E-state index in [9.17, 15) is 0 Å². The summed E-state index contributed by atoms with van der Waals surface area (Å²) in [5.41, 5.74) is 1.50. The molecular formula is C6H5ClN4O. The first kappa shape index (κ1) is 7.30. The first-order chi connectivity index (χ1) is 5.90. The molecule has 12 heavy (non-hydrogen) atoms. The topological polar surface area (TPSA) is 63.7 Å². The van der Waals surface area contributed by atoms with Crippen molar-refractivity contribution in [3.05, 3.63) is 12.4 Å². The van der Waals surface area contributed by atoms with Crippen LogP contribution in [0.3, 0.4) is 0 Å². The van der Waals surface area contributed by atoms with Crippen molar-refractivity contribution in [2.75, 3.05) is 6.07 Å². The van der Waals surface area contributed by atoms with Gasteiger partial charge in [-0.15, -0.1) is 0 Å².